The molecule has 0 saturated carbocycles. The van der Waals surface area contributed by atoms with Gasteiger partial charge in [0.2, 0.25) is 0 Å². The molecule has 2 rings (SSSR count). The highest BCUT2D eigenvalue weighted by Crippen LogP contribution is 2.36. The number of H-pyrrole nitrogens is 1. The Morgan fingerprint density at radius 1 is 1.16 bits per heavy atom. The van der Waals surface area contributed by atoms with Crippen LogP contribution in [0, 0.1) is 0 Å². The van der Waals surface area contributed by atoms with Crippen LogP contribution in [0.1, 0.15) is 49.9 Å². The van der Waals surface area contributed by atoms with Gasteiger partial charge in [-0.05, 0) is 25.0 Å². The maximum Gasteiger partial charge on any atom is 0.330 e. The number of aromatic amines is 1. The van der Waals surface area contributed by atoms with E-state index in [-0.39, 0.29) is 34.4 Å². The van der Waals surface area contributed by atoms with Crippen LogP contribution in [0.15, 0.2) is 21.7 Å². The standard InChI is InChI=1S/C21H29ClN4O5/c1-5-7-9-25(16-18(23)26(10-8-6-2)21(29)24-19(16)27)20(28)13-11-14(22)17(31-4)15(12-13)30-3/h11-12H,5-10,23H2,1-4H3,(H,24,27,29). The number of rotatable bonds is 10. The molecule has 2 aromatic rings. The Labute approximate surface area is 185 Å². The number of methoxy groups -OCH3 is 2. The van der Waals surface area contributed by atoms with Gasteiger partial charge in [0.25, 0.3) is 11.5 Å². The first-order valence-electron chi connectivity index (χ1n) is 10.2. The van der Waals surface area contributed by atoms with Gasteiger partial charge in [0.05, 0.1) is 19.2 Å². The van der Waals surface area contributed by atoms with Crippen molar-refractivity contribution in [1.82, 2.24) is 9.55 Å². The third-order valence-electron chi connectivity index (χ3n) is 4.88. The van der Waals surface area contributed by atoms with Crippen LogP contribution < -0.4 is 31.4 Å². The van der Waals surface area contributed by atoms with E-state index in [9.17, 15) is 14.4 Å². The molecule has 0 saturated heterocycles. The van der Waals surface area contributed by atoms with Crippen LogP contribution in [0.5, 0.6) is 11.5 Å². The number of nitrogens with one attached hydrogen (secondary N) is 1. The van der Waals surface area contributed by atoms with Crippen molar-refractivity contribution < 1.29 is 14.3 Å². The van der Waals surface area contributed by atoms with Crippen LogP contribution in [0.2, 0.25) is 5.02 Å². The van der Waals surface area contributed by atoms with Crippen LogP contribution in [0.25, 0.3) is 0 Å². The Bertz CT molecular complexity index is 1050. The maximum absolute atomic E-state index is 13.5. The van der Waals surface area contributed by atoms with E-state index in [2.05, 4.69) is 4.98 Å². The molecule has 0 fully saturated rings. The van der Waals surface area contributed by atoms with Gasteiger partial charge in [-0.25, -0.2) is 4.79 Å². The number of carbonyl (C=O) groups is 1. The van der Waals surface area contributed by atoms with Gasteiger partial charge in [0.15, 0.2) is 17.2 Å². The molecule has 1 aromatic carbocycles. The number of nitrogen functional groups attached to an aromatic ring is 1. The molecule has 1 amide bonds. The minimum absolute atomic E-state index is 0.0433. The van der Waals surface area contributed by atoms with E-state index < -0.39 is 17.2 Å². The summed E-state index contributed by atoms with van der Waals surface area (Å²) in [5.74, 6) is 0.0438. The van der Waals surface area contributed by atoms with Crippen molar-refractivity contribution in [3.63, 3.8) is 0 Å². The average Bonchev–Trinajstić information content (AvgIpc) is 2.74. The summed E-state index contributed by atoms with van der Waals surface area (Å²) in [4.78, 5) is 42.0. The fraction of sp³-hybridized carbons (Fsp3) is 0.476. The molecule has 0 aliphatic carbocycles. The third kappa shape index (κ3) is 5.22. The fourth-order valence-corrected chi connectivity index (χ4v) is 3.49. The molecule has 170 valence electrons. The summed E-state index contributed by atoms with van der Waals surface area (Å²) >= 11 is 6.26. The second kappa shape index (κ2) is 10.9. The quantitative estimate of drug-likeness (QED) is 0.571. The highest BCUT2D eigenvalue weighted by Gasteiger charge is 2.26. The van der Waals surface area contributed by atoms with E-state index in [1.807, 2.05) is 13.8 Å². The zero-order chi connectivity index (χ0) is 23.1. The van der Waals surface area contributed by atoms with Crippen molar-refractivity contribution >= 4 is 29.0 Å². The number of carbonyl (C=O) groups excluding carboxylic acids is 1. The molecule has 0 spiro atoms. The second-order valence-corrected chi connectivity index (χ2v) is 7.41. The Balaban J connectivity index is 2.64. The highest BCUT2D eigenvalue weighted by atomic mass is 35.5. The summed E-state index contributed by atoms with van der Waals surface area (Å²) in [7, 11) is 2.88. The highest BCUT2D eigenvalue weighted by molar-refractivity contribution is 6.32. The summed E-state index contributed by atoms with van der Waals surface area (Å²) < 4.78 is 11.8. The molecule has 1 aromatic heterocycles. The molecule has 31 heavy (non-hydrogen) atoms. The number of nitrogens with zero attached hydrogens (tertiary/aromatic N) is 2. The molecule has 0 aliphatic rings. The van der Waals surface area contributed by atoms with Gasteiger partial charge in [0.1, 0.15) is 5.82 Å². The lowest BCUT2D eigenvalue weighted by Crippen LogP contribution is -2.41. The molecule has 10 heteroatoms. The average molecular weight is 453 g/mol. The third-order valence-corrected chi connectivity index (χ3v) is 5.16. The molecule has 9 nitrogen and oxygen atoms in total. The van der Waals surface area contributed by atoms with E-state index in [0.717, 1.165) is 12.8 Å². The van der Waals surface area contributed by atoms with E-state index in [1.54, 1.807) is 0 Å². The van der Waals surface area contributed by atoms with Gasteiger partial charge in [-0.15, -0.1) is 0 Å². The number of anilines is 2. The first-order chi connectivity index (χ1) is 14.8. The van der Waals surface area contributed by atoms with Gasteiger partial charge >= 0.3 is 5.69 Å². The van der Waals surface area contributed by atoms with Crippen molar-refractivity contribution in [3.05, 3.63) is 43.6 Å². The lowest BCUT2D eigenvalue weighted by Gasteiger charge is -2.25. The Morgan fingerprint density at radius 3 is 2.42 bits per heavy atom. The number of nitrogens with two attached hydrogens (primary N) is 1. The molecule has 0 atom stereocenters. The summed E-state index contributed by atoms with van der Waals surface area (Å²) in [5.41, 5.74) is 5.05. The van der Waals surface area contributed by atoms with Crippen molar-refractivity contribution in [2.45, 2.75) is 46.1 Å². The van der Waals surface area contributed by atoms with Gasteiger partial charge in [-0.3, -0.25) is 19.1 Å². The Kier molecular flexibility index (Phi) is 8.56. The number of ether oxygens (including phenoxy) is 2. The molecule has 0 aliphatic heterocycles. The molecular formula is C21H29ClN4O5. The van der Waals surface area contributed by atoms with Gasteiger partial charge in [-0.2, -0.15) is 0 Å². The van der Waals surface area contributed by atoms with Crippen LogP contribution in [0.3, 0.4) is 0 Å². The first kappa shape index (κ1) is 24.3. The molecule has 0 bridgehead atoms. The smallest absolute Gasteiger partial charge is 0.330 e. The topological polar surface area (TPSA) is 120 Å². The van der Waals surface area contributed by atoms with E-state index in [4.69, 9.17) is 26.8 Å². The largest absolute Gasteiger partial charge is 0.493 e. The number of hydrogen-bond donors (Lipinski definition) is 2. The molecule has 1 heterocycles. The van der Waals surface area contributed by atoms with E-state index in [1.165, 1.54) is 35.8 Å². The number of amides is 1. The van der Waals surface area contributed by atoms with E-state index in [0.29, 0.717) is 25.1 Å². The molecule has 3 N–H and O–H groups in total. The summed E-state index contributed by atoms with van der Waals surface area (Å²) in [6.45, 7) is 4.51. The SMILES string of the molecule is CCCCN(C(=O)c1cc(Cl)c(OC)c(OC)c1)c1c(N)n(CCCC)c(=O)[nH]c1=O. The second-order valence-electron chi connectivity index (χ2n) is 7.00. The lowest BCUT2D eigenvalue weighted by atomic mass is 10.1. The van der Waals surface area contributed by atoms with Crippen LogP contribution in [-0.4, -0.2) is 36.2 Å². The van der Waals surface area contributed by atoms with Crippen molar-refractivity contribution in [2.24, 2.45) is 0 Å². The van der Waals surface area contributed by atoms with Crippen LogP contribution in [-0.2, 0) is 6.54 Å². The van der Waals surface area contributed by atoms with Gasteiger partial charge < -0.3 is 20.1 Å². The monoisotopic (exact) mass is 452 g/mol. The summed E-state index contributed by atoms with van der Waals surface area (Å²) in [6.07, 6.45) is 2.94. The van der Waals surface area contributed by atoms with E-state index >= 15 is 0 Å². The minimum Gasteiger partial charge on any atom is -0.493 e. The predicted molar refractivity (Wildman–Crippen MR) is 122 cm³/mol. The summed E-state index contributed by atoms with van der Waals surface area (Å²) in [5, 5.41) is 0.190. The molecule has 0 radical (unpaired) electrons. The number of benzene rings is 1. The lowest BCUT2D eigenvalue weighted by molar-refractivity contribution is 0.0985. The van der Waals surface area contributed by atoms with Crippen LogP contribution in [0.4, 0.5) is 11.5 Å². The predicted octanol–water partition coefficient (Wildman–Crippen LogP) is 3.04. The van der Waals surface area contributed by atoms with Crippen molar-refractivity contribution in [1.29, 1.82) is 0 Å². The molecular weight excluding hydrogens is 424 g/mol. The van der Waals surface area contributed by atoms with Gasteiger partial charge in [-0.1, -0.05) is 38.3 Å². The normalized spacial score (nSPS) is 10.7. The number of hydrogen-bond acceptors (Lipinski definition) is 6. The maximum atomic E-state index is 13.5. The first-order valence-corrected chi connectivity index (χ1v) is 10.5. The number of unbranched alkanes of at least 4 members (excludes halogenated alkanes) is 2. The zero-order valence-electron chi connectivity index (χ0n) is 18.3. The Hall–Kier alpha value is -2.94. The Morgan fingerprint density at radius 2 is 1.84 bits per heavy atom. The van der Waals surface area contributed by atoms with Gasteiger partial charge in [0, 0.05) is 18.7 Å². The van der Waals surface area contributed by atoms with Crippen molar-refractivity contribution in [3.8, 4) is 11.5 Å². The zero-order valence-corrected chi connectivity index (χ0v) is 19.0. The van der Waals surface area contributed by atoms with Crippen molar-refractivity contribution in [2.75, 3.05) is 31.4 Å². The minimum atomic E-state index is -0.716. The number of aromatic nitrogens is 2. The summed E-state index contributed by atoms with van der Waals surface area (Å²) in [6, 6.07) is 2.94. The fourth-order valence-electron chi connectivity index (χ4n) is 3.20. The van der Waals surface area contributed by atoms with Crippen LogP contribution >= 0.6 is 11.6 Å². The number of halogens is 1. The molecule has 0 unspecified atom stereocenters.